The number of rotatable bonds is 5. The fourth-order valence-electron chi connectivity index (χ4n) is 1.86. The summed E-state index contributed by atoms with van der Waals surface area (Å²) < 4.78 is 5.35. The molecule has 0 radical (unpaired) electrons. The van der Waals surface area contributed by atoms with Gasteiger partial charge in [0.2, 0.25) is 5.91 Å². The molecule has 1 amide bonds. The third-order valence-corrected chi connectivity index (χ3v) is 2.57. The van der Waals surface area contributed by atoms with Gasteiger partial charge in [0.05, 0.1) is 12.6 Å². The fraction of sp³-hybridized carbons (Fsp3) is 0.900. The maximum Gasteiger partial charge on any atom is 0.224 e. The van der Waals surface area contributed by atoms with Crippen LogP contribution in [0.4, 0.5) is 0 Å². The SMILES string of the molecule is CCOCC1CCCN1C(=O)CCN. The van der Waals surface area contributed by atoms with Crippen molar-refractivity contribution >= 4 is 5.91 Å². The molecule has 2 N–H and O–H groups in total. The molecule has 0 aromatic heterocycles. The average Bonchev–Trinajstić information content (AvgIpc) is 2.63. The molecule has 14 heavy (non-hydrogen) atoms. The standard InChI is InChI=1S/C10H20N2O2/c1-2-14-8-9-4-3-7-12(9)10(13)5-6-11/h9H,2-8,11H2,1H3. The summed E-state index contributed by atoms with van der Waals surface area (Å²) in [6, 6.07) is 0.286. The lowest BCUT2D eigenvalue weighted by Gasteiger charge is -2.24. The van der Waals surface area contributed by atoms with Gasteiger partial charge >= 0.3 is 0 Å². The van der Waals surface area contributed by atoms with Crippen LogP contribution in [0.25, 0.3) is 0 Å². The van der Waals surface area contributed by atoms with Gasteiger partial charge in [0.1, 0.15) is 0 Å². The molecule has 1 fully saturated rings. The zero-order valence-corrected chi connectivity index (χ0v) is 8.87. The molecule has 82 valence electrons. The van der Waals surface area contributed by atoms with Crippen LogP contribution in [0, 0.1) is 0 Å². The Morgan fingerprint density at radius 2 is 2.43 bits per heavy atom. The van der Waals surface area contributed by atoms with Gasteiger partial charge < -0.3 is 15.4 Å². The van der Waals surface area contributed by atoms with Gasteiger partial charge in [-0.3, -0.25) is 4.79 Å². The van der Waals surface area contributed by atoms with E-state index in [4.69, 9.17) is 10.5 Å². The smallest absolute Gasteiger partial charge is 0.224 e. The minimum absolute atomic E-state index is 0.176. The van der Waals surface area contributed by atoms with E-state index >= 15 is 0 Å². The first-order chi connectivity index (χ1) is 6.79. The minimum atomic E-state index is 0.176. The van der Waals surface area contributed by atoms with Gasteiger partial charge in [-0.1, -0.05) is 0 Å². The molecule has 0 aliphatic carbocycles. The van der Waals surface area contributed by atoms with E-state index in [0.29, 0.717) is 19.6 Å². The predicted octanol–water partition coefficient (Wildman–Crippen LogP) is 0.363. The molecule has 4 heteroatoms. The summed E-state index contributed by atoms with van der Waals surface area (Å²) in [6.07, 6.45) is 2.62. The van der Waals surface area contributed by atoms with Gasteiger partial charge in [-0.05, 0) is 19.8 Å². The van der Waals surface area contributed by atoms with Gasteiger partial charge in [0.25, 0.3) is 0 Å². The molecule has 0 spiro atoms. The molecule has 0 aromatic carbocycles. The summed E-state index contributed by atoms with van der Waals surface area (Å²) in [7, 11) is 0. The molecule has 1 heterocycles. The minimum Gasteiger partial charge on any atom is -0.380 e. The second-order valence-electron chi connectivity index (χ2n) is 3.58. The lowest BCUT2D eigenvalue weighted by atomic mass is 10.2. The number of nitrogens with two attached hydrogens (primary N) is 1. The largest absolute Gasteiger partial charge is 0.380 e. The molecular formula is C10H20N2O2. The van der Waals surface area contributed by atoms with Crippen LogP contribution in [0.5, 0.6) is 0 Å². The van der Waals surface area contributed by atoms with E-state index in [1.54, 1.807) is 0 Å². The molecular weight excluding hydrogens is 180 g/mol. The number of nitrogens with zero attached hydrogens (tertiary/aromatic N) is 1. The van der Waals surface area contributed by atoms with E-state index in [9.17, 15) is 4.79 Å². The van der Waals surface area contributed by atoms with Gasteiger partial charge in [-0.15, -0.1) is 0 Å². The van der Waals surface area contributed by atoms with Crippen LogP contribution < -0.4 is 5.73 Å². The summed E-state index contributed by atoms with van der Waals surface area (Å²) >= 11 is 0. The second-order valence-corrected chi connectivity index (χ2v) is 3.58. The highest BCUT2D eigenvalue weighted by molar-refractivity contribution is 5.77. The Hall–Kier alpha value is -0.610. The maximum atomic E-state index is 11.6. The van der Waals surface area contributed by atoms with Crippen LogP contribution in [-0.4, -0.2) is 43.2 Å². The average molecular weight is 200 g/mol. The summed E-state index contributed by atoms with van der Waals surface area (Å²) in [6.45, 7) is 4.68. The zero-order valence-electron chi connectivity index (χ0n) is 8.87. The molecule has 1 aliphatic rings. The highest BCUT2D eigenvalue weighted by Crippen LogP contribution is 2.18. The highest BCUT2D eigenvalue weighted by atomic mass is 16.5. The van der Waals surface area contributed by atoms with E-state index < -0.39 is 0 Å². The quantitative estimate of drug-likeness (QED) is 0.697. The van der Waals surface area contributed by atoms with Crippen molar-refractivity contribution in [1.82, 2.24) is 4.90 Å². The number of likely N-dealkylation sites (tertiary alicyclic amines) is 1. The third-order valence-electron chi connectivity index (χ3n) is 2.57. The van der Waals surface area contributed by atoms with E-state index in [-0.39, 0.29) is 11.9 Å². The summed E-state index contributed by atoms with van der Waals surface area (Å²) in [5.74, 6) is 0.176. The molecule has 0 saturated carbocycles. The topological polar surface area (TPSA) is 55.6 Å². The molecule has 1 rings (SSSR count). The van der Waals surface area contributed by atoms with Crippen molar-refractivity contribution in [2.75, 3.05) is 26.3 Å². The fourth-order valence-corrected chi connectivity index (χ4v) is 1.86. The van der Waals surface area contributed by atoms with E-state index in [2.05, 4.69) is 0 Å². The number of hydrogen-bond acceptors (Lipinski definition) is 3. The van der Waals surface area contributed by atoms with E-state index in [1.807, 2.05) is 11.8 Å². The van der Waals surface area contributed by atoms with Crippen molar-refractivity contribution in [1.29, 1.82) is 0 Å². The Morgan fingerprint density at radius 3 is 3.07 bits per heavy atom. The van der Waals surface area contributed by atoms with Crippen molar-refractivity contribution in [3.8, 4) is 0 Å². The monoisotopic (exact) mass is 200 g/mol. The van der Waals surface area contributed by atoms with Crippen LogP contribution >= 0.6 is 0 Å². The van der Waals surface area contributed by atoms with E-state index in [1.165, 1.54) is 0 Å². The molecule has 1 saturated heterocycles. The van der Waals surface area contributed by atoms with Crippen LogP contribution in [0.2, 0.25) is 0 Å². The first-order valence-electron chi connectivity index (χ1n) is 5.36. The molecule has 1 aliphatic heterocycles. The van der Waals surface area contributed by atoms with Crippen molar-refractivity contribution < 1.29 is 9.53 Å². The molecule has 0 bridgehead atoms. The van der Waals surface area contributed by atoms with Gasteiger partial charge in [-0.2, -0.15) is 0 Å². The van der Waals surface area contributed by atoms with Crippen molar-refractivity contribution in [3.63, 3.8) is 0 Å². The first kappa shape index (κ1) is 11.5. The first-order valence-corrected chi connectivity index (χ1v) is 5.36. The number of amides is 1. The number of hydrogen-bond donors (Lipinski definition) is 1. The summed E-state index contributed by atoms with van der Waals surface area (Å²) in [5.41, 5.74) is 5.36. The molecule has 1 unspecified atom stereocenters. The van der Waals surface area contributed by atoms with Crippen LogP contribution in [0.1, 0.15) is 26.2 Å². The Labute approximate surface area is 85.4 Å². The van der Waals surface area contributed by atoms with Crippen molar-refractivity contribution in [2.24, 2.45) is 5.73 Å². The predicted molar refractivity (Wildman–Crippen MR) is 54.9 cm³/mol. The number of carbonyl (C=O) groups excluding carboxylic acids is 1. The zero-order chi connectivity index (χ0) is 10.4. The second kappa shape index (κ2) is 5.98. The Balaban J connectivity index is 2.38. The van der Waals surface area contributed by atoms with Crippen LogP contribution in [-0.2, 0) is 9.53 Å². The number of ether oxygens (including phenoxy) is 1. The van der Waals surface area contributed by atoms with Crippen LogP contribution in [0.3, 0.4) is 0 Å². The van der Waals surface area contributed by atoms with Gasteiger partial charge in [-0.25, -0.2) is 0 Å². The van der Waals surface area contributed by atoms with Gasteiger partial charge in [0.15, 0.2) is 0 Å². The van der Waals surface area contributed by atoms with Crippen LogP contribution in [0.15, 0.2) is 0 Å². The molecule has 4 nitrogen and oxygen atoms in total. The lowest BCUT2D eigenvalue weighted by Crippen LogP contribution is -2.39. The third kappa shape index (κ3) is 2.96. The Morgan fingerprint density at radius 1 is 1.64 bits per heavy atom. The van der Waals surface area contributed by atoms with Gasteiger partial charge in [0, 0.05) is 26.1 Å². The maximum absolute atomic E-state index is 11.6. The van der Waals surface area contributed by atoms with Crippen molar-refractivity contribution in [2.45, 2.75) is 32.2 Å². The number of carbonyl (C=O) groups is 1. The van der Waals surface area contributed by atoms with E-state index in [0.717, 1.165) is 26.0 Å². The molecule has 0 aromatic rings. The molecule has 1 atom stereocenters. The summed E-state index contributed by atoms with van der Waals surface area (Å²) in [4.78, 5) is 13.5. The van der Waals surface area contributed by atoms with Crippen molar-refractivity contribution in [3.05, 3.63) is 0 Å². The Kier molecular flexibility index (Phi) is 4.90. The Bertz CT molecular complexity index is 185. The highest BCUT2D eigenvalue weighted by Gasteiger charge is 2.27. The lowest BCUT2D eigenvalue weighted by molar-refractivity contribution is -0.132. The summed E-state index contributed by atoms with van der Waals surface area (Å²) in [5, 5.41) is 0. The normalized spacial score (nSPS) is 21.6.